The van der Waals surface area contributed by atoms with Crippen molar-refractivity contribution in [1.82, 2.24) is 10.4 Å². The predicted octanol–water partition coefficient (Wildman–Crippen LogP) is 6.67. The number of hydrogen-bond donors (Lipinski definition) is 2. The van der Waals surface area contributed by atoms with E-state index in [0.29, 0.717) is 28.5 Å². The number of nitrogens with one attached hydrogen (secondary N) is 2. The minimum absolute atomic E-state index is 0.188. The molecule has 0 aliphatic rings. The van der Waals surface area contributed by atoms with Gasteiger partial charge in [-0.1, -0.05) is 46.3 Å². The van der Waals surface area contributed by atoms with Crippen LogP contribution in [0, 0.1) is 0 Å². The highest BCUT2D eigenvalue weighted by atomic mass is 79.9. The summed E-state index contributed by atoms with van der Waals surface area (Å²) >= 11 is 3.44. The molecule has 0 spiro atoms. The molecule has 1 amide bonds. The second-order valence-electron chi connectivity index (χ2n) is 10.1. The molecule has 1 heterocycles. The summed E-state index contributed by atoms with van der Waals surface area (Å²) in [5.41, 5.74) is 7.10. The summed E-state index contributed by atoms with van der Waals surface area (Å²) in [6.45, 7) is 0. The van der Waals surface area contributed by atoms with Crippen molar-refractivity contribution in [2.75, 3.05) is 40.3 Å². The summed E-state index contributed by atoms with van der Waals surface area (Å²) in [5.74, 6) is 0.119. The molecule has 0 radical (unpaired) electrons. The molecule has 0 unspecified atom stereocenters. The van der Waals surface area contributed by atoms with Gasteiger partial charge in [0.25, 0.3) is 5.91 Å². The first-order valence-electron chi connectivity index (χ1n) is 13.8. The van der Waals surface area contributed by atoms with E-state index in [1.54, 1.807) is 18.2 Å². The fourth-order valence-corrected chi connectivity index (χ4v) is 5.20. The molecule has 0 fully saturated rings. The highest BCUT2D eigenvalue weighted by Crippen LogP contribution is 2.39. The summed E-state index contributed by atoms with van der Waals surface area (Å²) < 4.78 is 22.5. The van der Waals surface area contributed by atoms with Gasteiger partial charge in [0.1, 0.15) is 11.4 Å². The molecule has 1 aromatic heterocycles. The van der Waals surface area contributed by atoms with E-state index in [2.05, 4.69) is 31.4 Å². The molecule has 0 bridgehead atoms. The van der Waals surface area contributed by atoms with Crippen LogP contribution in [0.4, 0.5) is 5.69 Å². The van der Waals surface area contributed by atoms with Crippen LogP contribution in [0.15, 0.2) is 88.4 Å². The first-order valence-corrected chi connectivity index (χ1v) is 14.6. The van der Waals surface area contributed by atoms with Crippen molar-refractivity contribution < 1.29 is 28.5 Å². The monoisotopic (exact) mass is 670 g/mol. The van der Waals surface area contributed by atoms with Crippen molar-refractivity contribution in [3.63, 3.8) is 0 Å². The number of hydrazone groups is 1. The number of ether oxygens (including phenoxy) is 4. The van der Waals surface area contributed by atoms with Crippen LogP contribution in [-0.2, 0) is 0 Å². The zero-order chi connectivity index (χ0) is 32.1. The standard InChI is InChI=1S/C34H31BrN4O6/c1-39(2)24-12-13-26-25(18-24)30(20-9-7-6-8-10-20)31(37-26)33(40)38-36-19-22-15-23(35)11-14-27(22)45-34(41)21-16-28(42-3)32(44-5)29(17-21)43-4/h6-19,37H,1-5H3,(H,38,40). The predicted molar refractivity (Wildman–Crippen MR) is 178 cm³/mol. The number of methoxy groups -OCH3 is 3. The largest absolute Gasteiger partial charge is 0.493 e. The molecule has 11 heteroatoms. The second kappa shape index (κ2) is 13.6. The molecule has 0 saturated carbocycles. The Morgan fingerprint density at radius 1 is 0.867 bits per heavy atom. The van der Waals surface area contributed by atoms with Crippen molar-refractivity contribution in [3.8, 4) is 34.1 Å². The number of hydrogen-bond acceptors (Lipinski definition) is 8. The maximum atomic E-state index is 13.5. The smallest absolute Gasteiger partial charge is 0.343 e. The van der Waals surface area contributed by atoms with Crippen molar-refractivity contribution >= 4 is 50.6 Å². The number of aromatic amines is 1. The summed E-state index contributed by atoms with van der Waals surface area (Å²) in [5, 5.41) is 5.12. The highest BCUT2D eigenvalue weighted by molar-refractivity contribution is 9.10. The van der Waals surface area contributed by atoms with Gasteiger partial charge >= 0.3 is 5.97 Å². The van der Waals surface area contributed by atoms with E-state index in [4.69, 9.17) is 18.9 Å². The van der Waals surface area contributed by atoms with Crippen LogP contribution in [0.25, 0.3) is 22.0 Å². The second-order valence-corrected chi connectivity index (χ2v) is 11.0. The minimum atomic E-state index is -0.655. The first kappa shape index (κ1) is 31.1. The Labute approximate surface area is 268 Å². The van der Waals surface area contributed by atoms with Gasteiger partial charge in [-0.15, -0.1) is 0 Å². The van der Waals surface area contributed by atoms with Gasteiger partial charge in [0.15, 0.2) is 11.5 Å². The third-order valence-electron chi connectivity index (χ3n) is 7.03. The molecule has 0 aliphatic heterocycles. The van der Waals surface area contributed by atoms with E-state index in [1.807, 2.05) is 67.5 Å². The number of rotatable bonds is 10. The molecule has 5 rings (SSSR count). The summed E-state index contributed by atoms with van der Waals surface area (Å²) in [6, 6.07) is 23.8. The number of amides is 1. The Bertz CT molecular complexity index is 1880. The normalized spacial score (nSPS) is 11.0. The SMILES string of the molecule is COc1cc(C(=O)Oc2ccc(Br)cc2C=NNC(=O)c2[nH]c3ccc(N(C)C)cc3c2-c2ccccc2)cc(OC)c1OC. The van der Waals surface area contributed by atoms with Gasteiger partial charge in [-0.25, -0.2) is 10.2 Å². The average molecular weight is 672 g/mol. The van der Waals surface area contributed by atoms with E-state index in [9.17, 15) is 9.59 Å². The van der Waals surface area contributed by atoms with Crippen LogP contribution in [0.3, 0.4) is 0 Å². The first-order chi connectivity index (χ1) is 21.7. The summed E-state index contributed by atoms with van der Waals surface area (Å²) in [7, 11) is 8.34. The number of carbonyl (C=O) groups is 2. The van der Waals surface area contributed by atoms with Crippen LogP contribution in [0.2, 0.25) is 0 Å². The number of anilines is 1. The van der Waals surface area contributed by atoms with E-state index in [0.717, 1.165) is 32.2 Å². The van der Waals surface area contributed by atoms with E-state index in [1.165, 1.54) is 39.7 Å². The lowest BCUT2D eigenvalue weighted by Crippen LogP contribution is -2.19. The Morgan fingerprint density at radius 2 is 1.58 bits per heavy atom. The summed E-state index contributed by atoms with van der Waals surface area (Å²) in [4.78, 5) is 31.9. The fraction of sp³-hybridized carbons (Fsp3) is 0.147. The number of halogens is 1. The molecule has 5 aromatic rings. The third kappa shape index (κ3) is 6.63. The quantitative estimate of drug-likeness (QED) is 0.0738. The lowest BCUT2D eigenvalue weighted by Gasteiger charge is -2.14. The number of benzene rings is 4. The van der Waals surface area contributed by atoms with Crippen molar-refractivity contribution in [1.29, 1.82) is 0 Å². The topological polar surface area (TPSA) is 114 Å². The Balaban J connectivity index is 1.42. The van der Waals surface area contributed by atoms with Crippen molar-refractivity contribution in [2.45, 2.75) is 0 Å². The highest BCUT2D eigenvalue weighted by Gasteiger charge is 2.21. The molecule has 0 atom stereocenters. The van der Waals surface area contributed by atoms with Gasteiger partial charge in [-0.3, -0.25) is 4.79 Å². The van der Waals surface area contributed by atoms with Crippen molar-refractivity contribution in [3.05, 3.63) is 100 Å². The molecule has 230 valence electrons. The van der Waals surface area contributed by atoms with Crippen LogP contribution in [-0.4, -0.2) is 58.5 Å². The zero-order valence-corrected chi connectivity index (χ0v) is 26.9. The molecular formula is C34H31BrN4O6. The van der Waals surface area contributed by atoms with E-state index in [-0.39, 0.29) is 11.3 Å². The Morgan fingerprint density at radius 3 is 2.22 bits per heavy atom. The van der Waals surface area contributed by atoms with Gasteiger partial charge in [-0.05, 0) is 54.1 Å². The lowest BCUT2D eigenvalue weighted by atomic mass is 10.0. The molecule has 10 nitrogen and oxygen atoms in total. The number of nitrogens with zero attached hydrogens (tertiary/aromatic N) is 2. The number of esters is 1. The molecular weight excluding hydrogens is 640 g/mol. The van der Waals surface area contributed by atoms with Gasteiger partial charge in [0.2, 0.25) is 5.75 Å². The van der Waals surface area contributed by atoms with Gasteiger partial charge in [0, 0.05) is 46.3 Å². The van der Waals surface area contributed by atoms with E-state index < -0.39 is 11.9 Å². The lowest BCUT2D eigenvalue weighted by molar-refractivity contribution is 0.0733. The molecule has 4 aromatic carbocycles. The molecule has 0 aliphatic carbocycles. The minimum Gasteiger partial charge on any atom is -0.493 e. The van der Waals surface area contributed by atoms with Gasteiger partial charge < -0.3 is 28.8 Å². The zero-order valence-electron chi connectivity index (χ0n) is 25.3. The van der Waals surface area contributed by atoms with E-state index >= 15 is 0 Å². The maximum absolute atomic E-state index is 13.5. The molecule has 2 N–H and O–H groups in total. The molecule has 0 saturated heterocycles. The van der Waals surface area contributed by atoms with Crippen molar-refractivity contribution in [2.24, 2.45) is 5.10 Å². The third-order valence-corrected chi connectivity index (χ3v) is 7.53. The number of carbonyl (C=O) groups excluding carboxylic acids is 2. The Kier molecular flexibility index (Phi) is 9.39. The fourth-order valence-electron chi connectivity index (χ4n) is 4.82. The average Bonchev–Trinajstić information content (AvgIpc) is 3.44. The summed E-state index contributed by atoms with van der Waals surface area (Å²) in [6.07, 6.45) is 1.41. The Hall–Kier alpha value is -5.29. The number of fused-ring (bicyclic) bond motifs is 1. The number of H-pyrrole nitrogens is 1. The van der Waals surface area contributed by atoms with Gasteiger partial charge in [-0.2, -0.15) is 5.10 Å². The molecule has 45 heavy (non-hydrogen) atoms. The van der Waals surface area contributed by atoms with Crippen LogP contribution >= 0.6 is 15.9 Å². The number of aromatic nitrogens is 1. The van der Waals surface area contributed by atoms with Crippen LogP contribution < -0.4 is 29.3 Å². The van der Waals surface area contributed by atoms with Crippen LogP contribution in [0.1, 0.15) is 26.4 Å². The maximum Gasteiger partial charge on any atom is 0.343 e. The van der Waals surface area contributed by atoms with Crippen LogP contribution in [0.5, 0.6) is 23.0 Å². The van der Waals surface area contributed by atoms with Gasteiger partial charge in [0.05, 0.1) is 33.1 Å².